The van der Waals surface area contributed by atoms with Crippen LogP contribution < -0.4 is 15.5 Å². The number of anilines is 1. The molecule has 0 aliphatic carbocycles. The molecule has 71 heavy (non-hydrogen) atoms. The van der Waals surface area contributed by atoms with Crippen LogP contribution in [0.3, 0.4) is 0 Å². The van der Waals surface area contributed by atoms with Gasteiger partial charge in [0.1, 0.15) is 34.8 Å². The molecule has 2 fully saturated rings. The zero-order valence-electron chi connectivity index (χ0n) is 40.5. The van der Waals surface area contributed by atoms with Crippen LogP contribution in [-0.2, 0) is 14.4 Å². The van der Waals surface area contributed by atoms with E-state index < -0.39 is 24.2 Å². The maximum Gasteiger partial charge on any atom is 0.248 e. The van der Waals surface area contributed by atoms with Gasteiger partial charge >= 0.3 is 0 Å². The minimum Gasteiger partial charge on any atom is -0.391 e. The molecule has 19 heteroatoms. The van der Waals surface area contributed by atoms with Crippen molar-refractivity contribution in [1.82, 2.24) is 50.0 Å². The van der Waals surface area contributed by atoms with E-state index in [-0.39, 0.29) is 55.1 Å². The molecule has 3 aliphatic rings. The number of aryl methyl sites for hydroxylation is 3. The second kappa shape index (κ2) is 19.5. The van der Waals surface area contributed by atoms with Crippen LogP contribution in [-0.4, -0.2) is 106 Å². The van der Waals surface area contributed by atoms with Gasteiger partial charge in [-0.15, -0.1) is 32.9 Å². The number of nitrogens with one attached hydrogen (secondary N) is 2. The summed E-state index contributed by atoms with van der Waals surface area (Å²) in [4.78, 5) is 62.2. The molecular weight excluding hydrogens is 956 g/mol. The summed E-state index contributed by atoms with van der Waals surface area (Å²) in [6.45, 7) is 15.2. The predicted octanol–water partition coefficient (Wildman–Crippen LogP) is 7.92. The van der Waals surface area contributed by atoms with Crippen molar-refractivity contribution in [2.45, 2.75) is 97.6 Å². The molecule has 8 heterocycles. The van der Waals surface area contributed by atoms with Gasteiger partial charge in [0, 0.05) is 70.6 Å². The van der Waals surface area contributed by atoms with E-state index in [4.69, 9.17) is 21.6 Å². The average Bonchev–Trinajstić information content (AvgIpc) is 4.18. The molecule has 3 N–H and O–H groups in total. The Morgan fingerprint density at radius 2 is 1.61 bits per heavy atom. The molecule has 2 aromatic carbocycles. The summed E-state index contributed by atoms with van der Waals surface area (Å²) in [6, 6.07) is 17.1. The number of aliphatic hydroxyl groups excluding tert-OH is 1. The quantitative estimate of drug-likeness (QED) is 0.102. The molecule has 3 amide bonds. The van der Waals surface area contributed by atoms with Gasteiger partial charge in [-0.1, -0.05) is 61.8 Å². The van der Waals surface area contributed by atoms with Gasteiger partial charge < -0.3 is 25.5 Å². The van der Waals surface area contributed by atoms with Crippen molar-refractivity contribution in [3.63, 3.8) is 0 Å². The number of nitrogens with zero attached hydrogens (tertiary/aromatic N) is 10. The first kappa shape index (κ1) is 48.0. The first-order chi connectivity index (χ1) is 34.1. The molecule has 0 spiro atoms. The van der Waals surface area contributed by atoms with Crippen molar-refractivity contribution in [3.05, 3.63) is 134 Å². The van der Waals surface area contributed by atoms with Gasteiger partial charge in [0.2, 0.25) is 17.7 Å². The van der Waals surface area contributed by atoms with Crippen molar-refractivity contribution in [3.8, 4) is 26.6 Å². The summed E-state index contributed by atoms with van der Waals surface area (Å²) in [5.41, 5.74) is 10.3. The first-order valence-corrected chi connectivity index (χ1v) is 25.9. The lowest BCUT2D eigenvalue weighted by Crippen LogP contribution is -2.59. The lowest BCUT2D eigenvalue weighted by atomic mass is 9.99. The number of hydrogen-bond acceptors (Lipinski definition) is 13. The molecule has 1 unspecified atom stereocenters. The maximum atomic E-state index is 14.4. The van der Waals surface area contributed by atoms with E-state index in [0.29, 0.717) is 23.9 Å². The number of carbonyl (C=O) groups is 3. The van der Waals surface area contributed by atoms with Gasteiger partial charge in [-0.05, 0) is 81.5 Å². The number of thiazole rings is 1. The number of aliphatic imine (C=N–C) groups is 1. The second-order valence-electron chi connectivity index (χ2n) is 19.1. The minimum absolute atomic E-state index is 0.0543. The molecule has 5 atom stereocenters. The van der Waals surface area contributed by atoms with Crippen molar-refractivity contribution < 1.29 is 19.5 Å². The fourth-order valence-corrected chi connectivity index (χ4v) is 12.0. The normalized spacial score (nSPS) is 18.6. The van der Waals surface area contributed by atoms with E-state index in [1.807, 2.05) is 112 Å². The number of amides is 3. The summed E-state index contributed by atoms with van der Waals surface area (Å²) in [6.07, 6.45) is 4.74. The van der Waals surface area contributed by atoms with E-state index in [0.717, 1.165) is 71.9 Å². The van der Waals surface area contributed by atoms with E-state index in [1.165, 1.54) is 9.78 Å². The number of aliphatic hydroxyl groups is 1. The molecule has 2 saturated heterocycles. The molecule has 10 rings (SSSR count). The lowest BCUT2D eigenvalue weighted by molar-refractivity contribution is -0.142. The molecule has 3 aliphatic heterocycles. The van der Waals surface area contributed by atoms with E-state index in [1.54, 1.807) is 39.7 Å². The number of halogens is 1. The van der Waals surface area contributed by atoms with Crippen LogP contribution in [0.25, 0.3) is 26.6 Å². The standard InChI is InChI=1S/C52H55ClN12O4S2/c1-27(2)47(51(69)63-25-40(66)18-42(63)50(68)57-29(4)33-8-10-35(11-9-33)48-30(5)55-26-70-48)64-22-37(21-56-64)36-14-17-43(54-20-36)62-23-39(24-62)58-44(67)19-41-49-61-60-32(7)65(49)52-45(28(3)31(6)71-52)46(59-41)34-12-15-38(53)16-13-34/h8-17,20-22,26-27,29,39-42,47,66H,18-19,23-25H2,1-7H3,(H,57,68)(H,58,67)/t29-,40+,41-,42-,47?/m0/s1. The van der Waals surface area contributed by atoms with E-state index in [9.17, 15) is 19.5 Å². The Hall–Kier alpha value is -6.60. The third kappa shape index (κ3) is 9.41. The Balaban J connectivity index is 0.764. The number of benzene rings is 2. The fourth-order valence-electron chi connectivity index (χ4n) is 9.81. The maximum absolute atomic E-state index is 14.4. The van der Waals surface area contributed by atoms with Gasteiger partial charge in [0.15, 0.2) is 5.82 Å². The van der Waals surface area contributed by atoms with Crippen LogP contribution >= 0.6 is 34.3 Å². The highest BCUT2D eigenvalue weighted by Crippen LogP contribution is 2.40. The van der Waals surface area contributed by atoms with Crippen LogP contribution in [0.2, 0.25) is 5.02 Å². The Morgan fingerprint density at radius 1 is 0.873 bits per heavy atom. The van der Waals surface area contributed by atoms with Gasteiger partial charge in [0.05, 0.1) is 52.6 Å². The molecule has 16 nitrogen and oxygen atoms in total. The summed E-state index contributed by atoms with van der Waals surface area (Å²) >= 11 is 9.54. The first-order valence-electron chi connectivity index (χ1n) is 23.8. The lowest BCUT2D eigenvalue weighted by Gasteiger charge is -2.40. The van der Waals surface area contributed by atoms with Gasteiger partial charge in [0.25, 0.3) is 0 Å². The van der Waals surface area contributed by atoms with Crippen molar-refractivity contribution in [2.75, 3.05) is 24.5 Å². The number of β-amino-alcohol motifs (C(OH)–C–C–N with tert-alkyl or cyclic N) is 1. The minimum atomic E-state index is -0.831. The predicted molar refractivity (Wildman–Crippen MR) is 276 cm³/mol. The number of rotatable bonds is 13. The van der Waals surface area contributed by atoms with Gasteiger partial charge in [-0.25, -0.2) is 9.97 Å². The molecule has 0 radical (unpaired) electrons. The molecule has 366 valence electrons. The molecule has 5 aromatic heterocycles. The topological polar surface area (TPSA) is 189 Å². The number of carbonyl (C=O) groups excluding carboxylic acids is 3. The summed E-state index contributed by atoms with van der Waals surface area (Å²) < 4.78 is 3.70. The van der Waals surface area contributed by atoms with E-state index >= 15 is 0 Å². The number of pyridine rings is 1. The Morgan fingerprint density at radius 3 is 2.30 bits per heavy atom. The van der Waals surface area contributed by atoms with Crippen LogP contribution in [0, 0.1) is 33.6 Å². The highest BCUT2D eigenvalue weighted by Gasteiger charge is 2.43. The van der Waals surface area contributed by atoms with Crippen LogP contribution in [0.4, 0.5) is 5.82 Å². The Bertz CT molecular complexity index is 3150. The molecule has 0 bridgehead atoms. The zero-order valence-corrected chi connectivity index (χ0v) is 42.9. The highest BCUT2D eigenvalue weighted by atomic mass is 35.5. The van der Waals surface area contributed by atoms with Crippen molar-refractivity contribution in [1.29, 1.82) is 0 Å². The van der Waals surface area contributed by atoms with Crippen LogP contribution in [0.5, 0.6) is 0 Å². The third-order valence-corrected chi connectivity index (χ3v) is 16.2. The van der Waals surface area contributed by atoms with Crippen molar-refractivity contribution in [2.24, 2.45) is 10.9 Å². The van der Waals surface area contributed by atoms with Gasteiger partial charge in [-0.3, -0.25) is 28.6 Å². The largest absolute Gasteiger partial charge is 0.391 e. The average molecular weight is 1010 g/mol. The van der Waals surface area contributed by atoms with Gasteiger partial charge in [-0.2, -0.15) is 5.10 Å². The highest BCUT2D eigenvalue weighted by molar-refractivity contribution is 7.15. The number of hydrogen-bond donors (Lipinski definition) is 3. The third-order valence-electron chi connectivity index (χ3n) is 13.8. The number of likely N-dealkylation sites (tertiary alicyclic amines) is 1. The second-order valence-corrected chi connectivity index (χ2v) is 21.6. The number of aromatic nitrogens is 7. The SMILES string of the molecule is Cc1ncsc1-c1ccc([C@H](C)NC(=O)[C@@H]2C[C@@H](O)CN2C(=O)C(C(C)C)n2cc(-c3ccc(N4CC(NC(=O)C[C@@H]5N=C(c6ccc(Cl)cc6)c6c(sc(C)c6C)-n6c(C)nnc65)C4)nc3)cn2)cc1. The summed E-state index contributed by atoms with van der Waals surface area (Å²) in [5.74, 6) is 1.26. The Labute approximate surface area is 424 Å². The van der Waals surface area contributed by atoms with Crippen molar-refractivity contribution >= 4 is 63.5 Å². The molecule has 7 aromatic rings. The monoisotopic (exact) mass is 1010 g/mol. The molecule has 0 saturated carbocycles. The fraction of sp³-hybridized carbons (Fsp3) is 0.365. The number of thiophene rings is 1. The van der Waals surface area contributed by atoms with Crippen LogP contribution in [0.1, 0.15) is 96.2 Å². The van der Waals surface area contributed by atoms with E-state index in [2.05, 4.69) is 49.7 Å². The zero-order chi connectivity index (χ0) is 49.8. The molecular formula is C52H55ClN12O4S2. The smallest absolute Gasteiger partial charge is 0.248 e. The number of fused-ring (bicyclic) bond motifs is 3. The Kier molecular flexibility index (Phi) is 13.2. The summed E-state index contributed by atoms with van der Waals surface area (Å²) in [7, 11) is 0. The van der Waals surface area contributed by atoms with Crippen LogP contribution in [0.15, 0.2) is 89.8 Å². The summed E-state index contributed by atoms with van der Waals surface area (Å²) in [5, 5.41) is 32.3.